The van der Waals surface area contributed by atoms with Crippen molar-refractivity contribution in [2.75, 3.05) is 14.2 Å². The van der Waals surface area contributed by atoms with Gasteiger partial charge in [0.2, 0.25) is 0 Å². The van der Waals surface area contributed by atoms with Gasteiger partial charge in [0.15, 0.2) is 11.6 Å². The molecule has 0 bridgehead atoms. The predicted octanol–water partition coefficient (Wildman–Crippen LogP) is 2.11. The normalized spacial score (nSPS) is 10.7. The average molecular weight is 263 g/mol. The molecule has 0 spiro atoms. The fourth-order valence-corrected chi connectivity index (χ4v) is 2.00. The molecule has 0 amide bonds. The van der Waals surface area contributed by atoms with Gasteiger partial charge in [-0.15, -0.1) is 0 Å². The Balaban J connectivity index is 2.16. The van der Waals surface area contributed by atoms with Crippen LogP contribution in [0.5, 0.6) is 5.75 Å². The molecule has 0 atom stereocenters. The zero-order valence-corrected chi connectivity index (χ0v) is 11.4. The Labute approximate surface area is 112 Å². The number of halogens is 1. The molecule has 1 N–H and O–H groups in total. The van der Waals surface area contributed by atoms with Crippen molar-refractivity contribution in [3.8, 4) is 5.75 Å². The maximum atomic E-state index is 13.6. The predicted molar refractivity (Wildman–Crippen MR) is 71.8 cm³/mol. The molecule has 0 aliphatic carbocycles. The lowest BCUT2D eigenvalue weighted by molar-refractivity contribution is 0.386. The van der Waals surface area contributed by atoms with Crippen LogP contribution in [0.15, 0.2) is 24.4 Å². The van der Waals surface area contributed by atoms with Crippen LogP contribution in [-0.4, -0.2) is 23.9 Å². The van der Waals surface area contributed by atoms with Gasteiger partial charge in [-0.1, -0.05) is 6.07 Å². The Kier molecular flexibility index (Phi) is 4.16. The molecule has 0 aliphatic heterocycles. The highest BCUT2D eigenvalue weighted by Gasteiger charge is 2.07. The van der Waals surface area contributed by atoms with Gasteiger partial charge in [0.25, 0.3) is 0 Å². The van der Waals surface area contributed by atoms with E-state index in [-0.39, 0.29) is 11.6 Å². The van der Waals surface area contributed by atoms with Crippen LogP contribution in [0.3, 0.4) is 0 Å². The Morgan fingerprint density at radius 3 is 2.84 bits per heavy atom. The minimum absolute atomic E-state index is 0.260. The number of aryl methyl sites for hydroxylation is 1. The summed E-state index contributed by atoms with van der Waals surface area (Å²) in [6, 6.07) is 4.96. The largest absolute Gasteiger partial charge is 0.494 e. The Bertz CT molecular complexity index is 566. The highest BCUT2D eigenvalue weighted by molar-refractivity contribution is 5.29. The van der Waals surface area contributed by atoms with Gasteiger partial charge in [-0.25, -0.2) is 4.39 Å². The zero-order valence-electron chi connectivity index (χ0n) is 11.4. The number of benzene rings is 1. The first-order valence-electron chi connectivity index (χ1n) is 6.14. The molecule has 2 aromatic rings. The van der Waals surface area contributed by atoms with E-state index in [4.69, 9.17) is 4.74 Å². The van der Waals surface area contributed by atoms with Crippen molar-refractivity contribution in [3.05, 3.63) is 47.0 Å². The fourth-order valence-electron chi connectivity index (χ4n) is 2.00. The quantitative estimate of drug-likeness (QED) is 0.898. The molecule has 1 aromatic heterocycles. The third kappa shape index (κ3) is 3.12. The van der Waals surface area contributed by atoms with Crippen molar-refractivity contribution in [2.24, 2.45) is 0 Å². The number of aromatic nitrogens is 2. The summed E-state index contributed by atoms with van der Waals surface area (Å²) in [6.07, 6.45) is 1.98. The smallest absolute Gasteiger partial charge is 0.165 e. The number of hydrogen-bond acceptors (Lipinski definition) is 3. The molecule has 102 valence electrons. The Morgan fingerprint density at radius 2 is 2.21 bits per heavy atom. The number of nitrogens with zero attached hydrogens (tertiary/aromatic N) is 2. The van der Waals surface area contributed by atoms with Gasteiger partial charge in [0.05, 0.1) is 19.3 Å². The third-order valence-corrected chi connectivity index (χ3v) is 2.98. The summed E-state index contributed by atoms with van der Waals surface area (Å²) in [4.78, 5) is 0. The van der Waals surface area contributed by atoms with E-state index < -0.39 is 0 Å². The summed E-state index contributed by atoms with van der Waals surface area (Å²) < 4.78 is 20.3. The summed E-state index contributed by atoms with van der Waals surface area (Å²) in [6.45, 7) is 3.30. The Hall–Kier alpha value is -1.88. The van der Waals surface area contributed by atoms with Crippen molar-refractivity contribution >= 4 is 0 Å². The number of methoxy groups -OCH3 is 1. The zero-order chi connectivity index (χ0) is 13.8. The second-order valence-corrected chi connectivity index (χ2v) is 4.44. The van der Waals surface area contributed by atoms with E-state index in [1.807, 2.05) is 30.9 Å². The molecule has 1 aromatic carbocycles. The van der Waals surface area contributed by atoms with E-state index in [1.54, 1.807) is 6.07 Å². The van der Waals surface area contributed by atoms with Gasteiger partial charge >= 0.3 is 0 Å². The van der Waals surface area contributed by atoms with Gasteiger partial charge < -0.3 is 10.1 Å². The summed E-state index contributed by atoms with van der Waals surface area (Å²) in [5, 5.41) is 7.52. The highest BCUT2D eigenvalue weighted by atomic mass is 19.1. The molecule has 2 rings (SSSR count). The van der Waals surface area contributed by atoms with Crippen molar-refractivity contribution in [1.82, 2.24) is 15.1 Å². The minimum atomic E-state index is -0.348. The maximum Gasteiger partial charge on any atom is 0.165 e. The van der Waals surface area contributed by atoms with Gasteiger partial charge in [-0.3, -0.25) is 4.68 Å². The third-order valence-electron chi connectivity index (χ3n) is 2.98. The molecule has 19 heavy (non-hydrogen) atoms. The van der Waals surface area contributed by atoms with E-state index in [2.05, 4.69) is 10.4 Å². The minimum Gasteiger partial charge on any atom is -0.494 e. The van der Waals surface area contributed by atoms with Crippen LogP contribution in [0.4, 0.5) is 4.39 Å². The van der Waals surface area contributed by atoms with Crippen LogP contribution in [0.2, 0.25) is 0 Å². The summed E-state index contributed by atoms with van der Waals surface area (Å²) in [7, 11) is 3.36. The van der Waals surface area contributed by atoms with Crippen molar-refractivity contribution in [1.29, 1.82) is 0 Å². The average Bonchev–Trinajstić information content (AvgIpc) is 2.70. The molecule has 0 saturated carbocycles. The van der Waals surface area contributed by atoms with Gasteiger partial charge in [0.1, 0.15) is 0 Å². The number of hydrogen-bond donors (Lipinski definition) is 1. The second-order valence-electron chi connectivity index (χ2n) is 4.44. The molecule has 4 nitrogen and oxygen atoms in total. The molecular weight excluding hydrogens is 245 g/mol. The lowest BCUT2D eigenvalue weighted by Crippen LogP contribution is -2.05. The van der Waals surface area contributed by atoms with E-state index in [0.717, 1.165) is 23.4 Å². The van der Waals surface area contributed by atoms with Crippen LogP contribution in [-0.2, 0) is 13.1 Å². The monoisotopic (exact) mass is 263 g/mol. The first-order chi connectivity index (χ1) is 9.13. The first-order valence-corrected chi connectivity index (χ1v) is 6.14. The van der Waals surface area contributed by atoms with Gasteiger partial charge in [-0.2, -0.15) is 5.10 Å². The van der Waals surface area contributed by atoms with Crippen LogP contribution >= 0.6 is 0 Å². The molecule has 0 saturated heterocycles. The van der Waals surface area contributed by atoms with Crippen molar-refractivity contribution in [2.45, 2.75) is 20.0 Å². The van der Waals surface area contributed by atoms with Gasteiger partial charge in [0, 0.05) is 18.3 Å². The van der Waals surface area contributed by atoms with E-state index in [0.29, 0.717) is 6.54 Å². The lowest BCUT2D eigenvalue weighted by atomic mass is 10.2. The molecule has 0 aliphatic rings. The lowest BCUT2D eigenvalue weighted by Gasteiger charge is -2.05. The van der Waals surface area contributed by atoms with E-state index in [9.17, 15) is 4.39 Å². The molecule has 0 radical (unpaired) electrons. The summed E-state index contributed by atoms with van der Waals surface area (Å²) in [5.41, 5.74) is 3.00. The summed E-state index contributed by atoms with van der Waals surface area (Å²) >= 11 is 0. The van der Waals surface area contributed by atoms with Crippen LogP contribution in [0.25, 0.3) is 0 Å². The topological polar surface area (TPSA) is 39.1 Å². The number of rotatable bonds is 5. The first kappa shape index (κ1) is 13.5. The van der Waals surface area contributed by atoms with Crippen molar-refractivity contribution in [3.63, 3.8) is 0 Å². The molecular formula is C14H18FN3O. The van der Waals surface area contributed by atoms with Gasteiger partial charge in [-0.05, 0) is 31.7 Å². The Morgan fingerprint density at radius 1 is 1.42 bits per heavy atom. The van der Waals surface area contributed by atoms with Crippen molar-refractivity contribution < 1.29 is 9.13 Å². The van der Waals surface area contributed by atoms with E-state index >= 15 is 0 Å². The molecule has 0 fully saturated rings. The molecule has 1 heterocycles. The van der Waals surface area contributed by atoms with E-state index in [1.165, 1.54) is 13.2 Å². The SMILES string of the molecule is CNCc1cn(Cc2ccc(OC)c(F)c2)nc1C. The molecule has 0 unspecified atom stereocenters. The highest BCUT2D eigenvalue weighted by Crippen LogP contribution is 2.18. The van der Waals surface area contributed by atoms with Crippen LogP contribution < -0.4 is 10.1 Å². The summed E-state index contributed by atoms with van der Waals surface area (Å²) in [5.74, 6) is -0.0874. The second kappa shape index (κ2) is 5.84. The number of ether oxygens (including phenoxy) is 1. The van der Waals surface area contributed by atoms with Crippen LogP contribution in [0, 0.1) is 12.7 Å². The standard InChI is InChI=1S/C14H18FN3O/c1-10-12(7-16-2)9-18(17-10)8-11-4-5-14(19-3)13(15)6-11/h4-6,9,16H,7-8H2,1-3H3. The number of nitrogens with one attached hydrogen (secondary N) is 1. The van der Waals surface area contributed by atoms with Crippen LogP contribution in [0.1, 0.15) is 16.8 Å². The fraction of sp³-hybridized carbons (Fsp3) is 0.357. The maximum absolute atomic E-state index is 13.6. The molecule has 5 heteroatoms.